The zero-order valence-electron chi connectivity index (χ0n) is 11.4. The molecule has 0 radical (unpaired) electrons. The van der Waals surface area contributed by atoms with E-state index in [0.717, 1.165) is 0 Å². The van der Waals surface area contributed by atoms with Crippen LogP contribution in [0.3, 0.4) is 0 Å². The molecule has 5 nitrogen and oxygen atoms in total. The maximum Gasteiger partial charge on any atom is 0.274 e. The van der Waals surface area contributed by atoms with Crippen molar-refractivity contribution in [2.75, 3.05) is 13.1 Å². The van der Waals surface area contributed by atoms with Gasteiger partial charge in [-0.15, -0.1) is 0 Å². The fourth-order valence-electron chi connectivity index (χ4n) is 2.73. The molecule has 0 spiro atoms. The van der Waals surface area contributed by atoms with E-state index in [1.54, 1.807) is 22.0 Å². The molecule has 1 aliphatic rings. The highest BCUT2D eigenvalue weighted by Crippen LogP contribution is 2.27. The molecule has 1 aromatic heterocycles. The second-order valence-electron chi connectivity index (χ2n) is 5.32. The Kier molecular flexibility index (Phi) is 3.28. The largest absolute Gasteiger partial charge is 0.340 e. The van der Waals surface area contributed by atoms with Crippen molar-refractivity contribution in [2.24, 2.45) is 12.8 Å². The Bertz CT molecular complexity index is 607. The molecule has 20 heavy (non-hydrogen) atoms. The number of nitrogens with two attached hydrogens (primary N) is 1. The molecule has 1 saturated heterocycles. The van der Waals surface area contributed by atoms with Crippen LogP contribution in [0.4, 0.5) is 0 Å². The Morgan fingerprint density at radius 3 is 2.70 bits per heavy atom. The van der Waals surface area contributed by atoms with Crippen molar-refractivity contribution in [3.05, 3.63) is 54.1 Å². The van der Waals surface area contributed by atoms with Crippen LogP contribution in [0.2, 0.25) is 0 Å². The molecule has 2 aromatic rings. The van der Waals surface area contributed by atoms with E-state index in [0.29, 0.717) is 18.8 Å². The van der Waals surface area contributed by atoms with E-state index in [2.05, 4.69) is 17.1 Å². The van der Waals surface area contributed by atoms with E-state index in [1.165, 1.54) is 5.56 Å². The molecule has 104 valence electrons. The number of carbonyl (C=O) groups excluding carboxylic acids is 1. The summed E-state index contributed by atoms with van der Waals surface area (Å²) in [7, 11) is 1.85. The van der Waals surface area contributed by atoms with Gasteiger partial charge in [0.05, 0.1) is 6.33 Å². The normalized spacial score (nSPS) is 22.2. The van der Waals surface area contributed by atoms with Crippen LogP contribution in [0.5, 0.6) is 0 Å². The number of nitrogens with zero attached hydrogens (tertiary/aromatic N) is 3. The lowest BCUT2D eigenvalue weighted by Crippen LogP contribution is -2.32. The van der Waals surface area contributed by atoms with E-state index in [4.69, 9.17) is 5.73 Å². The molecule has 1 fully saturated rings. The van der Waals surface area contributed by atoms with Crippen LogP contribution in [0.25, 0.3) is 0 Å². The summed E-state index contributed by atoms with van der Waals surface area (Å²) in [6.45, 7) is 1.23. The van der Waals surface area contributed by atoms with Crippen LogP contribution in [-0.2, 0) is 7.05 Å². The Labute approximate surface area is 118 Å². The lowest BCUT2D eigenvalue weighted by Gasteiger charge is -2.15. The van der Waals surface area contributed by atoms with Gasteiger partial charge in [-0.25, -0.2) is 4.98 Å². The molecule has 0 aliphatic carbocycles. The van der Waals surface area contributed by atoms with Crippen LogP contribution in [0.1, 0.15) is 22.0 Å². The van der Waals surface area contributed by atoms with Gasteiger partial charge in [0.2, 0.25) is 0 Å². The summed E-state index contributed by atoms with van der Waals surface area (Å²) in [5, 5.41) is 0. The van der Waals surface area contributed by atoms with Gasteiger partial charge in [-0.1, -0.05) is 30.3 Å². The molecule has 5 heteroatoms. The number of carbonyl (C=O) groups is 1. The van der Waals surface area contributed by atoms with Crippen LogP contribution in [-0.4, -0.2) is 39.5 Å². The molecule has 1 aliphatic heterocycles. The number of hydrogen-bond acceptors (Lipinski definition) is 3. The average Bonchev–Trinajstić information content (AvgIpc) is 3.05. The Hall–Kier alpha value is -2.14. The fourth-order valence-corrected chi connectivity index (χ4v) is 2.73. The standard InChI is InChI=1S/C15H18N4O/c1-18-9-14(17-10-18)15(20)19-7-12(13(16)8-19)11-5-3-2-4-6-11/h2-6,9-10,12-13H,7-8,16H2,1H3/t12-,13+/m0/s1. The van der Waals surface area contributed by atoms with Crippen molar-refractivity contribution >= 4 is 5.91 Å². The minimum absolute atomic E-state index is 0.0231. The molecule has 0 unspecified atom stereocenters. The first-order valence-electron chi connectivity index (χ1n) is 6.73. The summed E-state index contributed by atoms with van der Waals surface area (Å²) >= 11 is 0. The van der Waals surface area contributed by atoms with Crippen molar-refractivity contribution in [2.45, 2.75) is 12.0 Å². The maximum atomic E-state index is 12.4. The number of hydrogen-bond donors (Lipinski definition) is 1. The molecule has 2 heterocycles. The summed E-state index contributed by atoms with van der Waals surface area (Å²) in [6.07, 6.45) is 3.38. The number of imidazole rings is 1. The first-order chi connectivity index (χ1) is 9.65. The summed E-state index contributed by atoms with van der Waals surface area (Å²) in [5.74, 6) is 0.156. The van der Waals surface area contributed by atoms with Crippen molar-refractivity contribution < 1.29 is 4.79 Å². The smallest absolute Gasteiger partial charge is 0.274 e. The quantitative estimate of drug-likeness (QED) is 0.885. The molecule has 1 amide bonds. The third-order valence-corrected chi connectivity index (χ3v) is 3.80. The summed E-state index contributed by atoms with van der Waals surface area (Å²) < 4.78 is 1.78. The van der Waals surface area contributed by atoms with Gasteiger partial charge in [-0.3, -0.25) is 4.79 Å². The molecule has 0 saturated carbocycles. The van der Waals surface area contributed by atoms with E-state index in [9.17, 15) is 4.79 Å². The SMILES string of the molecule is Cn1cnc(C(=O)N2C[C@@H](N)[C@H](c3ccccc3)C2)c1. The maximum absolute atomic E-state index is 12.4. The fraction of sp³-hybridized carbons (Fsp3) is 0.333. The first kappa shape index (κ1) is 12.9. The minimum Gasteiger partial charge on any atom is -0.340 e. The van der Waals surface area contributed by atoms with Gasteiger partial charge in [-0.05, 0) is 5.56 Å². The first-order valence-corrected chi connectivity index (χ1v) is 6.73. The molecule has 2 N–H and O–H groups in total. The van der Waals surface area contributed by atoms with E-state index >= 15 is 0 Å². The number of aryl methyl sites for hydroxylation is 1. The molecular weight excluding hydrogens is 252 g/mol. The number of amides is 1. The Balaban J connectivity index is 1.77. The van der Waals surface area contributed by atoms with Crippen LogP contribution in [0, 0.1) is 0 Å². The van der Waals surface area contributed by atoms with Gasteiger partial charge >= 0.3 is 0 Å². The van der Waals surface area contributed by atoms with Gasteiger partial charge in [0.25, 0.3) is 5.91 Å². The van der Waals surface area contributed by atoms with E-state index in [1.807, 2.05) is 25.2 Å². The third kappa shape index (κ3) is 2.32. The number of benzene rings is 1. The monoisotopic (exact) mass is 270 g/mol. The highest BCUT2D eigenvalue weighted by atomic mass is 16.2. The minimum atomic E-state index is -0.0421. The number of rotatable bonds is 2. The van der Waals surface area contributed by atoms with Gasteiger partial charge in [0.15, 0.2) is 0 Å². The molecule has 1 aromatic carbocycles. The predicted octanol–water partition coefficient (Wildman–Crippen LogP) is 0.987. The highest BCUT2D eigenvalue weighted by molar-refractivity contribution is 5.92. The predicted molar refractivity (Wildman–Crippen MR) is 76.3 cm³/mol. The number of likely N-dealkylation sites (tertiary alicyclic amines) is 1. The van der Waals surface area contributed by atoms with E-state index in [-0.39, 0.29) is 17.9 Å². The average molecular weight is 270 g/mol. The number of aromatic nitrogens is 2. The highest BCUT2D eigenvalue weighted by Gasteiger charge is 2.34. The lowest BCUT2D eigenvalue weighted by atomic mass is 9.95. The third-order valence-electron chi connectivity index (χ3n) is 3.80. The zero-order chi connectivity index (χ0) is 14.1. The van der Waals surface area contributed by atoms with Crippen LogP contribution >= 0.6 is 0 Å². The summed E-state index contributed by atoms with van der Waals surface area (Å²) in [4.78, 5) is 18.3. The summed E-state index contributed by atoms with van der Waals surface area (Å²) in [6, 6.07) is 10.1. The Morgan fingerprint density at radius 1 is 1.30 bits per heavy atom. The van der Waals surface area contributed by atoms with Crippen molar-refractivity contribution in [1.29, 1.82) is 0 Å². The van der Waals surface area contributed by atoms with Gasteiger partial charge in [0, 0.05) is 38.3 Å². The summed E-state index contributed by atoms with van der Waals surface area (Å²) in [5.41, 5.74) is 7.87. The van der Waals surface area contributed by atoms with Gasteiger partial charge in [-0.2, -0.15) is 0 Å². The van der Waals surface area contributed by atoms with Crippen molar-refractivity contribution in [1.82, 2.24) is 14.5 Å². The lowest BCUT2D eigenvalue weighted by molar-refractivity contribution is 0.0784. The van der Waals surface area contributed by atoms with Gasteiger partial charge < -0.3 is 15.2 Å². The van der Waals surface area contributed by atoms with E-state index < -0.39 is 0 Å². The Morgan fingerprint density at radius 2 is 2.05 bits per heavy atom. The second-order valence-corrected chi connectivity index (χ2v) is 5.32. The molecule has 0 bridgehead atoms. The van der Waals surface area contributed by atoms with Crippen LogP contribution in [0.15, 0.2) is 42.9 Å². The van der Waals surface area contributed by atoms with Crippen LogP contribution < -0.4 is 5.73 Å². The zero-order valence-corrected chi connectivity index (χ0v) is 11.4. The topological polar surface area (TPSA) is 64.2 Å². The molecule has 2 atom stereocenters. The van der Waals surface area contributed by atoms with Gasteiger partial charge in [0.1, 0.15) is 5.69 Å². The van der Waals surface area contributed by atoms with Crippen molar-refractivity contribution in [3.63, 3.8) is 0 Å². The molecule has 3 rings (SSSR count). The van der Waals surface area contributed by atoms with Crippen molar-refractivity contribution in [3.8, 4) is 0 Å². The molecular formula is C15H18N4O. The second kappa shape index (κ2) is 5.09.